The van der Waals surface area contributed by atoms with Crippen LogP contribution < -0.4 is 0 Å². The molecule has 1 N–H and O–H groups in total. The summed E-state index contributed by atoms with van der Waals surface area (Å²) in [5.41, 5.74) is 0.528. The van der Waals surface area contributed by atoms with Gasteiger partial charge in [0.25, 0.3) is 5.91 Å². The van der Waals surface area contributed by atoms with Crippen molar-refractivity contribution >= 4 is 11.7 Å². The number of aliphatic hydroxyl groups excluding tert-OH is 1. The van der Waals surface area contributed by atoms with E-state index >= 15 is 0 Å². The van der Waals surface area contributed by atoms with Gasteiger partial charge in [0, 0.05) is 18.4 Å². The molecule has 0 heterocycles. The minimum Gasteiger partial charge on any atom is -0.393 e. The predicted octanol–water partition coefficient (Wildman–Crippen LogP) is 6.35. The van der Waals surface area contributed by atoms with Gasteiger partial charge in [-0.05, 0) is 103 Å². The molecule has 4 fully saturated rings. The van der Waals surface area contributed by atoms with Gasteiger partial charge in [0.1, 0.15) is 0 Å². The van der Waals surface area contributed by atoms with Crippen LogP contribution in [-0.2, 0) is 14.4 Å². The molecule has 0 spiro atoms. The Hall–Kier alpha value is -1.20. The van der Waals surface area contributed by atoms with Crippen molar-refractivity contribution in [1.82, 2.24) is 5.06 Å². The standard InChI is InChI=1S/C32H51NO4/c1-27(2)23-10-13-32(7)25(30(23,5)12-11-24(27)35)22(34)18-20-21-19-29(4,26(36)33(8)37-9)15-14-28(21,3)16-17-31(20,32)6/h18,21,23-25,35H,10-17,19H2,1-9H3/t21-,23?,24-,25+,28+,29-,30-,31+,32+/m0/s1. The number of hydrogen-bond donors (Lipinski definition) is 1. The molecule has 5 rings (SSSR count). The zero-order chi connectivity index (χ0) is 27.4. The Morgan fingerprint density at radius 3 is 2.27 bits per heavy atom. The third-order valence-corrected chi connectivity index (χ3v) is 13.6. The van der Waals surface area contributed by atoms with Gasteiger partial charge in [0.2, 0.25) is 0 Å². The van der Waals surface area contributed by atoms with Crippen LogP contribution in [0.2, 0.25) is 0 Å². The third-order valence-electron chi connectivity index (χ3n) is 13.6. The number of carbonyl (C=O) groups excluding carboxylic acids is 2. The van der Waals surface area contributed by atoms with E-state index in [1.54, 1.807) is 14.2 Å². The lowest BCUT2D eigenvalue weighted by Gasteiger charge is -2.70. The Kier molecular flexibility index (Phi) is 6.04. The van der Waals surface area contributed by atoms with Gasteiger partial charge in [-0.15, -0.1) is 0 Å². The molecule has 5 nitrogen and oxygen atoms in total. The predicted molar refractivity (Wildman–Crippen MR) is 145 cm³/mol. The molecule has 4 saturated carbocycles. The van der Waals surface area contributed by atoms with Gasteiger partial charge in [0.05, 0.1) is 13.2 Å². The molecule has 37 heavy (non-hydrogen) atoms. The molecule has 0 saturated heterocycles. The maximum Gasteiger partial charge on any atom is 0.251 e. The fourth-order valence-corrected chi connectivity index (χ4v) is 10.8. The van der Waals surface area contributed by atoms with E-state index in [9.17, 15) is 14.7 Å². The quantitative estimate of drug-likeness (QED) is 0.437. The molecule has 0 aromatic carbocycles. The van der Waals surface area contributed by atoms with Gasteiger partial charge in [-0.25, -0.2) is 5.06 Å². The van der Waals surface area contributed by atoms with Crippen LogP contribution in [0.1, 0.15) is 106 Å². The number of carbonyl (C=O) groups is 2. The summed E-state index contributed by atoms with van der Waals surface area (Å²) >= 11 is 0. The highest BCUT2D eigenvalue weighted by Crippen LogP contribution is 2.75. The van der Waals surface area contributed by atoms with E-state index in [1.165, 1.54) is 10.6 Å². The highest BCUT2D eigenvalue weighted by molar-refractivity contribution is 5.95. The molecule has 1 amide bonds. The third kappa shape index (κ3) is 3.41. The van der Waals surface area contributed by atoms with Crippen LogP contribution in [0.15, 0.2) is 11.6 Å². The molecule has 5 aliphatic rings. The van der Waals surface area contributed by atoms with Crippen LogP contribution in [0.5, 0.6) is 0 Å². The van der Waals surface area contributed by atoms with Crippen LogP contribution in [-0.4, -0.2) is 42.1 Å². The maximum absolute atomic E-state index is 14.4. The lowest BCUT2D eigenvalue weighted by Crippen LogP contribution is -2.66. The Morgan fingerprint density at radius 1 is 0.973 bits per heavy atom. The highest BCUT2D eigenvalue weighted by atomic mass is 16.7. The van der Waals surface area contributed by atoms with Crippen molar-refractivity contribution in [3.63, 3.8) is 0 Å². The Labute approximate surface area is 224 Å². The van der Waals surface area contributed by atoms with Crippen LogP contribution in [0, 0.1) is 50.2 Å². The number of fused-ring (bicyclic) bond motifs is 7. The van der Waals surface area contributed by atoms with E-state index in [0.29, 0.717) is 11.7 Å². The second-order valence-electron chi connectivity index (χ2n) is 15.6. The Bertz CT molecular complexity index is 1030. The van der Waals surface area contributed by atoms with E-state index in [-0.39, 0.29) is 50.9 Å². The van der Waals surface area contributed by atoms with Crippen molar-refractivity contribution in [2.75, 3.05) is 14.2 Å². The lowest BCUT2D eigenvalue weighted by atomic mass is 9.33. The molecule has 9 atom stereocenters. The summed E-state index contributed by atoms with van der Waals surface area (Å²) in [7, 11) is 3.26. The summed E-state index contributed by atoms with van der Waals surface area (Å²) in [5, 5.41) is 12.3. The van der Waals surface area contributed by atoms with Crippen molar-refractivity contribution in [1.29, 1.82) is 0 Å². The van der Waals surface area contributed by atoms with Crippen LogP contribution in [0.4, 0.5) is 0 Å². The summed E-state index contributed by atoms with van der Waals surface area (Å²) < 4.78 is 0. The number of allylic oxidation sites excluding steroid dienone is 2. The van der Waals surface area contributed by atoms with Crippen molar-refractivity contribution < 1.29 is 19.5 Å². The number of rotatable bonds is 2. The number of hydroxylamine groups is 2. The summed E-state index contributed by atoms with van der Waals surface area (Å²) in [6.07, 6.45) is 10.5. The van der Waals surface area contributed by atoms with E-state index in [2.05, 4.69) is 54.5 Å². The molecular formula is C32H51NO4. The van der Waals surface area contributed by atoms with Gasteiger partial charge < -0.3 is 5.11 Å². The summed E-state index contributed by atoms with van der Waals surface area (Å²) in [4.78, 5) is 33.1. The fraction of sp³-hybridized carbons (Fsp3) is 0.875. The Balaban J connectivity index is 1.59. The topological polar surface area (TPSA) is 66.8 Å². The summed E-state index contributed by atoms with van der Waals surface area (Å²) in [6, 6.07) is 0. The molecule has 0 radical (unpaired) electrons. The first-order valence-electron chi connectivity index (χ1n) is 14.8. The van der Waals surface area contributed by atoms with Gasteiger partial charge in [0.15, 0.2) is 5.78 Å². The molecule has 0 aliphatic heterocycles. The van der Waals surface area contributed by atoms with Gasteiger partial charge >= 0.3 is 0 Å². The molecule has 0 aromatic rings. The fourth-order valence-electron chi connectivity index (χ4n) is 10.8. The molecule has 5 aliphatic carbocycles. The SMILES string of the molecule is CON(C)C(=O)[C@@]1(C)CC[C@]2(C)CC[C@]3(C)C(=CC(=O)[C@@H]4[C@@]5(C)CC[C@H](O)C(C)(C)C5CC[C@]43C)[C@@H]2C1. The van der Waals surface area contributed by atoms with Crippen molar-refractivity contribution in [3.05, 3.63) is 11.6 Å². The number of ketones is 1. The largest absolute Gasteiger partial charge is 0.393 e. The van der Waals surface area contributed by atoms with Gasteiger partial charge in [-0.3, -0.25) is 14.4 Å². The lowest BCUT2D eigenvalue weighted by molar-refractivity contribution is -0.203. The zero-order valence-electron chi connectivity index (χ0n) is 24.9. The number of amides is 1. The molecule has 5 heteroatoms. The van der Waals surface area contributed by atoms with Crippen LogP contribution in [0.3, 0.4) is 0 Å². The average molecular weight is 514 g/mol. The molecule has 0 bridgehead atoms. The normalized spacial score (nSPS) is 50.6. The average Bonchev–Trinajstić information content (AvgIpc) is 2.83. The summed E-state index contributed by atoms with van der Waals surface area (Å²) in [6.45, 7) is 16.2. The molecule has 208 valence electrons. The first kappa shape index (κ1) is 27.4. The Morgan fingerprint density at radius 2 is 1.62 bits per heavy atom. The van der Waals surface area contributed by atoms with E-state index < -0.39 is 5.41 Å². The van der Waals surface area contributed by atoms with Crippen molar-refractivity contribution in [3.8, 4) is 0 Å². The van der Waals surface area contributed by atoms with Crippen LogP contribution >= 0.6 is 0 Å². The van der Waals surface area contributed by atoms with E-state index in [4.69, 9.17) is 4.84 Å². The van der Waals surface area contributed by atoms with Crippen LogP contribution in [0.25, 0.3) is 0 Å². The maximum atomic E-state index is 14.4. The van der Waals surface area contributed by atoms with Gasteiger partial charge in [-0.2, -0.15) is 0 Å². The minimum absolute atomic E-state index is 0.0140. The minimum atomic E-state index is -0.484. The molecule has 0 aromatic heterocycles. The number of nitrogens with zero attached hydrogens (tertiary/aromatic N) is 1. The first-order chi connectivity index (χ1) is 17.0. The number of hydrogen-bond acceptors (Lipinski definition) is 4. The molecular weight excluding hydrogens is 462 g/mol. The zero-order valence-corrected chi connectivity index (χ0v) is 24.9. The van der Waals surface area contributed by atoms with Crippen molar-refractivity contribution in [2.45, 2.75) is 112 Å². The van der Waals surface area contributed by atoms with Gasteiger partial charge in [-0.1, -0.05) is 54.0 Å². The number of aliphatic hydroxyl groups is 1. The first-order valence-corrected chi connectivity index (χ1v) is 14.8. The summed E-state index contributed by atoms with van der Waals surface area (Å²) in [5.74, 6) is 0.924. The second-order valence-corrected chi connectivity index (χ2v) is 15.6. The smallest absolute Gasteiger partial charge is 0.251 e. The highest BCUT2D eigenvalue weighted by Gasteiger charge is 2.70. The van der Waals surface area contributed by atoms with E-state index in [0.717, 1.165) is 57.8 Å². The molecule has 1 unspecified atom stereocenters. The van der Waals surface area contributed by atoms with Crippen molar-refractivity contribution in [2.24, 2.45) is 50.2 Å². The van der Waals surface area contributed by atoms with E-state index in [1.807, 2.05) is 0 Å². The second kappa shape index (κ2) is 8.16. The monoisotopic (exact) mass is 513 g/mol.